The Kier molecular flexibility index (Phi) is 6.90. The smallest absolute Gasteiger partial charge is 0.262 e. The lowest BCUT2D eigenvalue weighted by Gasteiger charge is -2.29. The highest BCUT2D eigenvalue weighted by Crippen LogP contribution is 2.28. The average molecular weight is 392 g/mol. The zero-order valence-electron chi connectivity index (χ0n) is 17.2. The van der Waals surface area contributed by atoms with Crippen molar-refractivity contribution in [1.82, 2.24) is 5.32 Å². The van der Waals surface area contributed by atoms with Gasteiger partial charge < -0.3 is 15.3 Å². The Morgan fingerprint density at radius 1 is 1.17 bits per heavy atom. The van der Waals surface area contributed by atoms with Crippen LogP contribution in [0.1, 0.15) is 45.1 Å². The number of carbonyl (C=O) groups is 1. The maximum absolute atomic E-state index is 12.4. The topological polar surface area (TPSA) is 76.4 Å². The summed E-state index contributed by atoms with van der Waals surface area (Å²) in [5.74, 6) is -0.446. The van der Waals surface area contributed by atoms with Crippen LogP contribution in [0.25, 0.3) is 16.3 Å². The van der Waals surface area contributed by atoms with Crippen molar-refractivity contribution >= 4 is 27.9 Å². The van der Waals surface area contributed by atoms with Crippen LogP contribution in [-0.2, 0) is 4.79 Å². The number of carbonyl (C=O) groups excluding carboxylic acids is 1. The highest BCUT2D eigenvalue weighted by Gasteiger charge is 2.16. The fraction of sp³-hybridized carbons (Fsp3) is 0.417. The van der Waals surface area contributed by atoms with Crippen molar-refractivity contribution in [3.05, 3.63) is 47.5 Å². The van der Waals surface area contributed by atoms with Crippen LogP contribution in [0.5, 0.6) is 0 Å². The molecule has 152 valence electrons. The van der Waals surface area contributed by atoms with E-state index in [1.807, 2.05) is 25.1 Å². The maximum atomic E-state index is 12.4. The van der Waals surface area contributed by atoms with E-state index in [0.29, 0.717) is 12.0 Å². The summed E-state index contributed by atoms with van der Waals surface area (Å²) in [7, 11) is 0. The van der Waals surface area contributed by atoms with Crippen LogP contribution in [0.15, 0.2) is 42.0 Å². The molecule has 1 unspecified atom stereocenters. The minimum absolute atomic E-state index is 0.0811. The van der Waals surface area contributed by atoms with Gasteiger partial charge in [-0.2, -0.15) is 5.26 Å². The SMILES string of the molecule is CCC(O)CNC(=O)/C(C#N)=C(\C)c1ccc2cc(N3CCCCC3)ccc2c1. The molecule has 3 rings (SSSR count). The number of anilines is 1. The maximum Gasteiger partial charge on any atom is 0.262 e. The van der Waals surface area contributed by atoms with Gasteiger partial charge in [-0.15, -0.1) is 0 Å². The van der Waals surface area contributed by atoms with Gasteiger partial charge in [0.25, 0.3) is 5.91 Å². The Bertz CT molecular complexity index is 952. The number of piperidine rings is 1. The van der Waals surface area contributed by atoms with Crippen molar-refractivity contribution in [3.63, 3.8) is 0 Å². The zero-order chi connectivity index (χ0) is 20.8. The van der Waals surface area contributed by atoms with E-state index in [4.69, 9.17) is 0 Å². The minimum Gasteiger partial charge on any atom is -0.391 e. The first kappa shape index (κ1) is 20.9. The van der Waals surface area contributed by atoms with Crippen LogP contribution in [0.4, 0.5) is 5.69 Å². The van der Waals surface area contributed by atoms with Gasteiger partial charge in [0.05, 0.1) is 6.10 Å². The number of amides is 1. The van der Waals surface area contributed by atoms with Gasteiger partial charge in [-0.05, 0) is 72.7 Å². The molecule has 1 aliphatic rings. The Morgan fingerprint density at radius 3 is 2.55 bits per heavy atom. The highest BCUT2D eigenvalue weighted by molar-refractivity contribution is 6.05. The van der Waals surface area contributed by atoms with Crippen molar-refractivity contribution in [2.75, 3.05) is 24.5 Å². The molecular formula is C24H29N3O2. The minimum atomic E-state index is -0.603. The second-order valence-corrected chi connectivity index (χ2v) is 7.68. The molecule has 0 bridgehead atoms. The lowest BCUT2D eigenvalue weighted by atomic mass is 9.98. The van der Waals surface area contributed by atoms with E-state index in [-0.39, 0.29) is 12.1 Å². The summed E-state index contributed by atoms with van der Waals surface area (Å²) in [5, 5.41) is 24.0. The molecular weight excluding hydrogens is 362 g/mol. The molecule has 1 fully saturated rings. The third-order valence-electron chi connectivity index (χ3n) is 5.66. The number of nitrogens with one attached hydrogen (secondary N) is 1. The molecule has 0 aliphatic carbocycles. The van der Waals surface area contributed by atoms with E-state index < -0.39 is 12.0 Å². The van der Waals surface area contributed by atoms with E-state index in [0.717, 1.165) is 29.4 Å². The normalized spacial score (nSPS) is 16.1. The second-order valence-electron chi connectivity index (χ2n) is 7.68. The molecule has 0 aromatic heterocycles. The Morgan fingerprint density at radius 2 is 1.86 bits per heavy atom. The zero-order valence-corrected chi connectivity index (χ0v) is 17.2. The number of hydrogen-bond acceptors (Lipinski definition) is 4. The van der Waals surface area contributed by atoms with Gasteiger partial charge >= 0.3 is 0 Å². The molecule has 1 saturated heterocycles. The van der Waals surface area contributed by atoms with Crippen molar-refractivity contribution in [1.29, 1.82) is 5.26 Å². The van der Waals surface area contributed by atoms with Crippen molar-refractivity contribution < 1.29 is 9.90 Å². The lowest BCUT2D eigenvalue weighted by Crippen LogP contribution is -2.32. The number of fused-ring (bicyclic) bond motifs is 1. The van der Waals surface area contributed by atoms with Crippen LogP contribution in [0.3, 0.4) is 0 Å². The Labute approximate surface area is 172 Å². The molecule has 2 N–H and O–H groups in total. The van der Waals surface area contributed by atoms with Gasteiger partial charge in [0, 0.05) is 25.3 Å². The molecule has 0 saturated carbocycles. The molecule has 29 heavy (non-hydrogen) atoms. The predicted octanol–water partition coefficient (Wildman–Crippen LogP) is 4.01. The molecule has 1 amide bonds. The number of hydrogen-bond donors (Lipinski definition) is 2. The monoisotopic (exact) mass is 391 g/mol. The summed E-state index contributed by atoms with van der Waals surface area (Å²) in [6.45, 7) is 5.99. The van der Waals surface area contributed by atoms with Crippen LogP contribution >= 0.6 is 0 Å². The quantitative estimate of drug-likeness (QED) is 0.576. The van der Waals surface area contributed by atoms with E-state index >= 15 is 0 Å². The van der Waals surface area contributed by atoms with Gasteiger partial charge in [0.2, 0.25) is 0 Å². The molecule has 1 atom stereocenters. The number of nitrogens with zero attached hydrogens (tertiary/aromatic N) is 2. The molecule has 1 aliphatic heterocycles. The van der Waals surface area contributed by atoms with E-state index in [1.165, 1.54) is 24.9 Å². The molecule has 2 aromatic rings. The van der Waals surface area contributed by atoms with Crippen molar-refractivity contribution in [2.24, 2.45) is 0 Å². The fourth-order valence-corrected chi connectivity index (χ4v) is 3.71. The standard InChI is InChI=1S/C24H29N3O2/c1-3-22(28)16-26-24(29)23(15-25)17(2)18-7-8-20-14-21(10-9-19(20)13-18)27-11-5-4-6-12-27/h7-10,13-14,22,28H,3-6,11-12,16H2,1-2H3,(H,26,29)/b23-17+. The molecule has 5 nitrogen and oxygen atoms in total. The highest BCUT2D eigenvalue weighted by atomic mass is 16.3. The van der Waals surface area contributed by atoms with Crippen LogP contribution in [0, 0.1) is 11.3 Å². The summed E-state index contributed by atoms with van der Waals surface area (Å²) in [5.41, 5.74) is 2.82. The molecule has 1 heterocycles. The third-order valence-corrected chi connectivity index (χ3v) is 5.66. The largest absolute Gasteiger partial charge is 0.391 e. The second kappa shape index (κ2) is 9.58. The predicted molar refractivity (Wildman–Crippen MR) is 118 cm³/mol. The Hall–Kier alpha value is -2.84. The summed E-state index contributed by atoms with van der Waals surface area (Å²) in [6.07, 6.45) is 3.75. The van der Waals surface area contributed by atoms with Gasteiger partial charge in [-0.1, -0.05) is 25.1 Å². The molecule has 0 spiro atoms. The van der Waals surface area contributed by atoms with E-state index in [2.05, 4.69) is 34.5 Å². The Balaban J connectivity index is 1.85. The number of aliphatic hydroxyl groups is 1. The first-order chi connectivity index (χ1) is 14.0. The summed E-state index contributed by atoms with van der Waals surface area (Å²) in [6, 6.07) is 14.5. The summed E-state index contributed by atoms with van der Waals surface area (Å²) in [4.78, 5) is 14.8. The van der Waals surface area contributed by atoms with Gasteiger partial charge in [0.15, 0.2) is 0 Å². The fourth-order valence-electron chi connectivity index (χ4n) is 3.71. The lowest BCUT2D eigenvalue weighted by molar-refractivity contribution is -0.117. The number of allylic oxidation sites excluding steroid dienone is 1. The number of nitriles is 1. The van der Waals surface area contributed by atoms with Gasteiger partial charge in [-0.3, -0.25) is 4.79 Å². The number of aliphatic hydroxyl groups excluding tert-OH is 1. The summed E-state index contributed by atoms with van der Waals surface area (Å²) < 4.78 is 0. The van der Waals surface area contributed by atoms with Gasteiger partial charge in [0.1, 0.15) is 11.6 Å². The van der Waals surface area contributed by atoms with Crippen LogP contribution < -0.4 is 10.2 Å². The molecule has 0 radical (unpaired) electrons. The average Bonchev–Trinajstić information content (AvgIpc) is 2.77. The third kappa shape index (κ3) is 4.96. The van der Waals surface area contributed by atoms with Crippen LogP contribution in [-0.4, -0.2) is 36.8 Å². The molecule has 2 aromatic carbocycles. The number of benzene rings is 2. The van der Waals surface area contributed by atoms with Crippen molar-refractivity contribution in [2.45, 2.75) is 45.6 Å². The first-order valence-electron chi connectivity index (χ1n) is 10.4. The first-order valence-corrected chi connectivity index (χ1v) is 10.4. The molecule has 5 heteroatoms. The van der Waals surface area contributed by atoms with Gasteiger partial charge in [-0.25, -0.2) is 0 Å². The van der Waals surface area contributed by atoms with Crippen molar-refractivity contribution in [3.8, 4) is 6.07 Å². The van der Waals surface area contributed by atoms with Crippen LogP contribution in [0.2, 0.25) is 0 Å². The summed E-state index contributed by atoms with van der Waals surface area (Å²) >= 11 is 0. The number of rotatable bonds is 6. The van der Waals surface area contributed by atoms with E-state index in [1.54, 1.807) is 6.92 Å². The van der Waals surface area contributed by atoms with E-state index in [9.17, 15) is 15.2 Å².